The summed E-state index contributed by atoms with van der Waals surface area (Å²) in [7, 11) is 0. The summed E-state index contributed by atoms with van der Waals surface area (Å²) in [4.78, 5) is 38.2. The van der Waals surface area contributed by atoms with Crippen molar-refractivity contribution in [3.8, 4) is 0 Å². The minimum Gasteiger partial charge on any atom is -0.462 e. The van der Waals surface area contributed by atoms with Crippen LogP contribution in [0.25, 0.3) is 0 Å². The lowest BCUT2D eigenvalue weighted by Gasteiger charge is -2.18. The van der Waals surface area contributed by atoms with Crippen molar-refractivity contribution in [1.82, 2.24) is 0 Å². The van der Waals surface area contributed by atoms with Crippen LogP contribution in [-0.2, 0) is 28.6 Å². The maximum absolute atomic E-state index is 12.9. The minimum atomic E-state index is -0.761. The molecule has 1 atom stereocenters. The van der Waals surface area contributed by atoms with Gasteiger partial charge in [-0.3, -0.25) is 14.4 Å². The number of hydrogen-bond donors (Lipinski definition) is 0. The molecule has 0 rings (SSSR count). The van der Waals surface area contributed by atoms with E-state index in [2.05, 4.69) is 20.8 Å². The van der Waals surface area contributed by atoms with Gasteiger partial charge >= 0.3 is 17.9 Å². The zero-order valence-electron chi connectivity index (χ0n) is 45.7. The van der Waals surface area contributed by atoms with Crippen LogP contribution in [0.3, 0.4) is 0 Å². The van der Waals surface area contributed by atoms with Crippen LogP contribution < -0.4 is 0 Å². The molecule has 0 aromatic rings. The van der Waals surface area contributed by atoms with Gasteiger partial charge in [0.2, 0.25) is 0 Å². The first-order chi connectivity index (χ1) is 33.0. The zero-order valence-corrected chi connectivity index (χ0v) is 45.7. The quantitative estimate of drug-likeness (QED) is 0.0343. The second kappa shape index (κ2) is 57.0. The fourth-order valence-corrected chi connectivity index (χ4v) is 9.51. The third kappa shape index (κ3) is 55.2. The van der Waals surface area contributed by atoms with Crippen LogP contribution in [-0.4, -0.2) is 37.2 Å². The highest BCUT2D eigenvalue weighted by atomic mass is 16.6. The van der Waals surface area contributed by atoms with Crippen LogP contribution in [0, 0.1) is 0 Å². The Morgan fingerprint density at radius 3 is 0.597 bits per heavy atom. The van der Waals surface area contributed by atoms with Gasteiger partial charge in [0.25, 0.3) is 0 Å². The molecular formula is C61H118O6. The van der Waals surface area contributed by atoms with Crippen molar-refractivity contribution in [3.05, 3.63) is 0 Å². The molecule has 0 bridgehead atoms. The van der Waals surface area contributed by atoms with Crippen molar-refractivity contribution in [2.75, 3.05) is 13.2 Å². The van der Waals surface area contributed by atoms with Crippen molar-refractivity contribution < 1.29 is 28.6 Å². The third-order valence-corrected chi connectivity index (χ3v) is 14.1. The number of hydrogen-bond acceptors (Lipinski definition) is 6. The number of rotatable bonds is 57. The van der Waals surface area contributed by atoms with Gasteiger partial charge in [0.1, 0.15) is 13.2 Å². The molecule has 0 aliphatic carbocycles. The molecule has 0 fully saturated rings. The Hall–Kier alpha value is -1.59. The van der Waals surface area contributed by atoms with Gasteiger partial charge in [-0.25, -0.2) is 0 Å². The lowest BCUT2D eigenvalue weighted by atomic mass is 10.0. The molecule has 0 aliphatic heterocycles. The number of unbranched alkanes of at least 4 members (excludes halogenated alkanes) is 46. The molecule has 0 unspecified atom stereocenters. The lowest BCUT2D eigenvalue weighted by molar-refractivity contribution is -0.167. The van der Waals surface area contributed by atoms with E-state index in [4.69, 9.17) is 14.2 Å². The number of ether oxygens (including phenoxy) is 3. The standard InChI is InChI=1S/C61H118O6/c1-4-7-10-13-16-19-22-25-27-29-30-32-34-37-40-43-46-49-52-55-61(64)67-58(56-65-59(62)53-50-47-44-41-38-35-24-21-18-15-12-9-6-3)57-66-60(63)54-51-48-45-42-39-36-33-31-28-26-23-20-17-14-11-8-5-2/h58H,4-57H2,1-3H3/t58-/m1/s1. The van der Waals surface area contributed by atoms with E-state index in [1.807, 2.05) is 0 Å². The van der Waals surface area contributed by atoms with Crippen LogP contribution in [0.5, 0.6) is 0 Å². The third-order valence-electron chi connectivity index (χ3n) is 14.1. The van der Waals surface area contributed by atoms with E-state index in [-0.39, 0.29) is 31.1 Å². The number of carbonyl (C=O) groups excluding carboxylic acids is 3. The van der Waals surface area contributed by atoms with E-state index >= 15 is 0 Å². The van der Waals surface area contributed by atoms with Gasteiger partial charge in [-0.1, -0.05) is 316 Å². The molecule has 0 aromatic heterocycles. The van der Waals surface area contributed by atoms with Gasteiger partial charge in [-0.15, -0.1) is 0 Å². The second-order valence-electron chi connectivity index (χ2n) is 21.0. The topological polar surface area (TPSA) is 78.9 Å². The summed E-state index contributed by atoms with van der Waals surface area (Å²) in [5, 5.41) is 0. The Labute approximate surface area is 418 Å². The molecule has 0 saturated carbocycles. The highest BCUT2D eigenvalue weighted by Gasteiger charge is 2.19. The van der Waals surface area contributed by atoms with Crippen LogP contribution >= 0.6 is 0 Å². The molecule has 0 amide bonds. The van der Waals surface area contributed by atoms with Gasteiger partial charge in [0, 0.05) is 19.3 Å². The van der Waals surface area contributed by atoms with Gasteiger partial charge < -0.3 is 14.2 Å². The number of carbonyl (C=O) groups is 3. The van der Waals surface area contributed by atoms with E-state index in [1.54, 1.807) is 0 Å². The summed E-state index contributed by atoms with van der Waals surface area (Å²) < 4.78 is 16.9. The SMILES string of the molecule is CCCCCCCCCCCCCCCCCCCCCC(=O)O[C@H](COC(=O)CCCCCCCCCCCCCCC)COC(=O)CCCCCCCCCCCCCCCCCCC. The fourth-order valence-electron chi connectivity index (χ4n) is 9.51. The highest BCUT2D eigenvalue weighted by molar-refractivity contribution is 5.71. The molecule has 398 valence electrons. The van der Waals surface area contributed by atoms with E-state index in [0.717, 1.165) is 57.8 Å². The zero-order chi connectivity index (χ0) is 48.6. The first-order valence-electron chi connectivity index (χ1n) is 30.5. The first kappa shape index (κ1) is 65.4. The fraction of sp³-hybridized carbons (Fsp3) is 0.951. The van der Waals surface area contributed by atoms with Crippen molar-refractivity contribution in [2.24, 2.45) is 0 Å². The molecule has 0 heterocycles. The van der Waals surface area contributed by atoms with Crippen LogP contribution in [0.4, 0.5) is 0 Å². The van der Waals surface area contributed by atoms with E-state index in [1.165, 1.54) is 257 Å². The minimum absolute atomic E-state index is 0.0608. The maximum Gasteiger partial charge on any atom is 0.306 e. The molecular weight excluding hydrogens is 829 g/mol. The molecule has 0 aromatic carbocycles. The Morgan fingerprint density at radius 1 is 0.239 bits per heavy atom. The largest absolute Gasteiger partial charge is 0.462 e. The monoisotopic (exact) mass is 947 g/mol. The van der Waals surface area contributed by atoms with E-state index < -0.39 is 6.10 Å². The Morgan fingerprint density at radius 2 is 0.403 bits per heavy atom. The second-order valence-corrected chi connectivity index (χ2v) is 21.0. The molecule has 6 nitrogen and oxygen atoms in total. The normalized spacial score (nSPS) is 11.9. The Bertz CT molecular complexity index is 998. The molecule has 0 radical (unpaired) electrons. The van der Waals surface area contributed by atoms with Crippen LogP contribution in [0.1, 0.15) is 355 Å². The van der Waals surface area contributed by atoms with Crippen molar-refractivity contribution in [1.29, 1.82) is 0 Å². The molecule has 67 heavy (non-hydrogen) atoms. The van der Waals surface area contributed by atoms with Gasteiger partial charge in [0.05, 0.1) is 0 Å². The highest BCUT2D eigenvalue weighted by Crippen LogP contribution is 2.18. The van der Waals surface area contributed by atoms with Crippen LogP contribution in [0.15, 0.2) is 0 Å². The van der Waals surface area contributed by atoms with Gasteiger partial charge in [0.15, 0.2) is 6.10 Å². The van der Waals surface area contributed by atoms with Gasteiger partial charge in [-0.2, -0.15) is 0 Å². The molecule has 0 aliphatic rings. The van der Waals surface area contributed by atoms with Crippen molar-refractivity contribution in [2.45, 2.75) is 361 Å². The molecule has 6 heteroatoms. The lowest BCUT2D eigenvalue weighted by Crippen LogP contribution is -2.30. The molecule has 0 N–H and O–H groups in total. The maximum atomic E-state index is 12.9. The summed E-state index contributed by atoms with van der Waals surface area (Å²) in [6.45, 7) is 6.72. The Kier molecular flexibility index (Phi) is 55.6. The summed E-state index contributed by atoms with van der Waals surface area (Å²) >= 11 is 0. The summed E-state index contributed by atoms with van der Waals surface area (Å²) in [5.41, 5.74) is 0. The summed E-state index contributed by atoms with van der Waals surface area (Å²) in [5.74, 6) is -0.828. The molecule has 0 saturated heterocycles. The van der Waals surface area contributed by atoms with Crippen molar-refractivity contribution >= 4 is 17.9 Å². The van der Waals surface area contributed by atoms with Crippen molar-refractivity contribution in [3.63, 3.8) is 0 Å². The van der Waals surface area contributed by atoms with E-state index in [0.29, 0.717) is 19.3 Å². The summed E-state index contributed by atoms with van der Waals surface area (Å²) in [6, 6.07) is 0. The smallest absolute Gasteiger partial charge is 0.306 e. The predicted molar refractivity (Wildman–Crippen MR) is 289 cm³/mol. The van der Waals surface area contributed by atoms with Gasteiger partial charge in [-0.05, 0) is 19.3 Å². The van der Waals surface area contributed by atoms with Crippen LogP contribution in [0.2, 0.25) is 0 Å². The predicted octanol–water partition coefficient (Wildman–Crippen LogP) is 20.3. The Balaban J connectivity index is 4.26. The average Bonchev–Trinajstić information content (AvgIpc) is 3.33. The number of esters is 3. The van der Waals surface area contributed by atoms with E-state index in [9.17, 15) is 14.4 Å². The summed E-state index contributed by atoms with van der Waals surface area (Å²) in [6.07, 6.45) is 63.8. The average molecular weight is 948 g/mol. The molecule has 0 spiro atoms. The first-order valence-corrected chi connectivity index (χ1v) is 30.5.